The highest BCUT2D eigenvalue weighted by molar-refractivity contribution is 7.18. The van der Waals surface area contributed by atoms with Crippen molar-refractivity contribution in [3.8, 4) is 0 Å². The fourth-order valence-electron chi connectivity index (χ4n) is 1.76. The fraction of sp³-hybridized carbons (Fsp3) is 0.417. The van der Waals surface area contributed by atoms with E-state index in [2.05, 4.69) is 4.98 Å². The Morgan fingerprint density at radius 2 is 2.24 bits per heavy atom. The number of nitrogens with two attached hydrogens (primary N) is 1. The van der Waals surface area contributed by atoms with Gasteiger partial charge in [-0.2, -0.15) is 0 Å². The smallest absolute Gasteiger partial charge is 0.0907 e. The van der Waals surface area contributed by atoms with Crippen LogP contribution in [0.25, 0.3) is 10.2 Å². The van der Waals surface area contributed by atoms with Crippen molar-refractivity contribution in [2.75, 3.05) is 24.3 Å². The Kier molecular flexibility index (Phi) is 3.22. The summed E-state index contributed by atoms with van der Waals surface area (Å²) in [5.41, 5.74) is 8.66. The van der Waals surface area contributed by atoms with E-state index in [9.17, 15) is 5.11 Å². The Hall–Kier alpha value is -1.33. The molecule has 2 rings (SSSR count). The summed E-state index contributed by atoms with van der Waals surface area (Å²) in [4.78, 5) is 6.43. The Balaban J connectivity index is 2.49. The van der Waals surface area contributed by atoms with E-state index in [-0.39, 0.29) is 12.6 Å². The molecule has 0 saturated carbocycles. The number of benzene rings is 1. The van der Waals surface area contributed by atoms with Crippen LogP contribution in [-0.4, -0.2) is 29.8 Å². The van der Waals surface area contributed by atoms with Crippen molar-refractivity contribution < 1.29 is 5.11 Å². The third-order valence-electron chi connectivity index (χ3n) is 2.95. The number of anilines is 2. The van der Waals surface area contributed by atoms with Crippen LogP contribution in [0.3, 0.4) is 0 Å². The van der Waals surface area contributed by atoms with Crippen LogP contribution < -0.4 is 10.6 Å². The molecule has 5 heteroatoms. The molecule has 1 aromatic heterocycles. The van der Waals surface area contributed by atoms with Gasteiger partial charge in [-0.15, -0.1) is 11.3 Å². The predicted molar refractivity (Wildman–Crippen MR) is 73.7 cm³/mol. The number of hydrogen-bond acceptors (Lipinski definition) is 5. The number of aryl methyl sites for hydroxylation is 1. The minimum atomic E-state index is 0.0366. The van der Waals surface area contributed by atoms with Crippen molar-refractivity contribution in [3.05, 3.63) is 17.1 Å². The molecule has 3 N–H and O–H groups in total. The zero-order valence-corrected chi connectivity index (χ0v) is 11.1. The van der Waals surface area contributed by atoms with E-state index in [0.717, 1.165) is 26.6 Å². The van der Waals surface area contributed by atoms with Gasteiger partial charge in [-0.3, -0.25) is 0 Å². The van der Waals surface area contributed by atoms with E-state index < -0.39 is 0 Å². The van der Waals surface area contributed by atoms with Crippen LogP contribution in [0.1, 0.15) is 11.9 Å². The first-order chi connectivity index (χ1) is 8.02. The summed E-state index contributed by atoms with van der Waals surface area (Å²) in [5.74, 6) is 0. The van der Waals surface area contributed by atoms with E-state index in [1.165, 1.54) is 0 Å². The molecule has 1 heterocycles. The molecule has 1 aromatic carbocycles. The Morgan fingerprint density at radius 1 is 1.53 bits per heavy atom. The number of likely N-dealkylation sites (N-methyl/N-ethyl adjacent to an activating group) is 1. The van der Waals surface area contributed by atoms with E-state index in [1.807, 2.05) is 37.9 Å². The van der Waals surface area contributed by atoms with Crippen LogP contribution in [-0.2, 0) is 0 Å². The van der Waals surface area contributed by atoms with Gasteiger partial charge in [0, 0.05) is 13.1 Å². The zero-order valence-electron chi connectivity index (χ0n) is 10.3. The van der Waals surface area contributed by atoms with Crippen LogP contribution in [0.2, 0.25) is 0 Å². The number of fused-ring (bicyclic) bond motifs is 1. The maximum absolute atomic E-state index is 9.18. The lowest BCUT2D eigenvalue weighted by molar-refractivity contribution is 0.270. The molecule has 0 radical (unpaired) electrons. The van der Waals surface area contributed by atoms with E-state index in [4.69, 9.17) is 5.73 Å². The van der Waals surface area contributed by atoms with Crippen molar-refractivity contribution in [1.29, 1.82) is 0 Å². The largest absolute Gasteiger partial charge is 0.397 e. The van der Waals surface area contributed by atoms with Crippen LogP contribution in [0.5, 0.6) is 0 Å². The molecule has 0 aliphatic rings. The molecule has 1 atom stereocenters. The Labute approximate surface area is 105 Å². The van der Waals surface area contributed by atoms with Crippen molar-refractivity contribution in [2.45, 2.75) is 19.9 Å². The Bertz CT molecular complexity index is 538. The second kappa shape index (κ2) is 4.50. The van der Waals surface area contributed by atoms with Crippen molar-refractivity contribution in [3.63, 3.8) is 0 Å². The number of rotatable bonds is 3. The molecule has 17 heavy (non-hydrogen) atoms. The van der Waals surface area contributed by atoms with Crippen LogP contribution in [0, 0.1) is 6.92 Å². The van der Waals surface area contributed by atoms with Gasteiger partial charge in [0.05, 0.1) is 33.2 Å². The monoisotopic (exact) mass is 251 g/mol. The second-order valence-electron chi connectivity index (χ2n) is 4.25. The molecule has 0 bridgehead atoms. The molecule has 4 nitrogen and oxygen atoms in total. The molecular formula is C12H17N3OS. The standard InChI is InChI=1S/C12H17N3OS/c1-7(6-16)15(3)11-5-10-12(4-9(11)13)17-8(2)14-10/h4-5,7,16H,6,13H2,1-3H3. The summed E-state index contributed by atoms with van der Waals surface area (Å²) in [6, 6.07) is 3.98. The average Bonchev–Trinajstić information content (AvgIpc) is 2.65. The molecule has 0 aliphatic carbocycles. The molecule has 0 fully saturated rings. The van der Waals surface area contributed by atoms with Gasteiger partial charge in [-0.1, -0.05) is 0 Å². The summed E-state index contributed by atoms with van der Waals surface area (Å²) in [6.07, 6.45) is 0. The molecular weight excluding hydrogens is 234 g/mol. The average molecular weight is 251 g/mol. The van der Waals surface area contributed by atoms with Crippen LogP contribution in [0.4, 0.5) is 11.4 Å². The maximum atomic E-state index is 9.18. The third-order valence-corrected chi connectivity index (χ3v) is 3.88. The van der Waals surface area contributed by atoms with Gasteiger partial charge >= 0.3 is 0 Å². The first-order valence-electron chi connectivity index (χ1n) is 5.53. The summed E-state index contributed by atoms with van der Waals surface area (Å²) in [7, 11) is 1.93. The molecule has 0 aliphatic heterocycles. The van der Waals surface area contributed by atoms with Gasteiger partial charge < -0.3 is 15.7 Å². The molecule has 2 aromatic rings. The first-order valence-corrected chi connectivity index (χ1v) is 6.35. The molecule has 0 amide bonds. The highest BCUT2D eigenvalue weighted by Gasteiger charge is 2.13. The second-order valence-corrected chi connectivity index (χ2v) is 5.49. The third kappa shape index (κ3) is 2.21. The van der Waals surface area contributed by atoms with Gasteiger partial charge in [0.15, 0.2) is 0 Å². The lowest BCUT2D eigenvalue weighted by Gasteiger charge is -2.26. The van der Waals surface area contributed by atoms with Gasteiger partial charge in [0.1, 0.15) is 0 Å². The van der Waals surface area contributed by atoms with Gasteiger partial charge in [-0.25, -0.2) is 4.98 Å². The van der Waals surface area contributed by atoms with E-state index in [0.29, 0.717) is 0 Å². The van der Waals surface area contributed by atoms with Gasteiger partial charge in [0.2, 0.25) is 0 Å². The number of nitrogens with zero attached hydrogens (tertiary/aromatic N) is 2. The predicted octanol–water partition coefficient (Wildman–Crippen LogP) is 2.00. The lowest BCUT2D eigenvalue weighted by Crippen LogP contribution is -2.32. The quantitative estimate of drug-likeness (QED) is 0.819. The summed E-state index contributed by atoms with van der Waals surface area (Å²) in [5, 5.41) is 10.2. The van der Waals surface area contributed by atoms with Crippen LogP contribution >= 0.6 is 11.3 Å². The number of aliphatic hydroxyl groups is 1. The minimum Gasteiger partial charge on any atom is -0.397 e. The van der Waals surface area contributed by atoms with E-state index >= 15 is 0 Å². The van der Waals surface area contributed by atoms with Crippen molar-refractivity contribution in [2.24, 2.45) is 0 Å². The lowest BCUT2D eigenvalue weighted by atomic mass is 10.2. The highest BCUT2D eigenvalue weighted by atomic mass is 32.1. The van der Waals surface area contributed by atoms with E-state index in [1.54, 1.807) is 11.3 Å². The highest BCUT2D eigenvalue weighted by Crippen LogP contribution is 2.32. The molecule has 0 saturated heterocycles. The number of aliphatic hydroxyl groups excluding tert-OH is 1. The van der Waals surface area contributed by atoms with Crippen molar-refractivity contribution >= 4 is 32.9 Å². The number of hydrogen-bond donors (Lipinski definition) is 2. The minimum absolute atomic E-state index is 0.0366. The summed E-state index contributed by atoms with van der Waals surface area (Å²) < 4.78 is 1.11. The molecule has 1 unspecified atom stereocenters. The SMILES string of the molecule is Cc1nc2cc(N(C)C(C)CO)c(N)cc2s1. The Morgan fingerprint density at radius 3 is 2.88 bits per heavy atom. The topological polar surface area (TPSA) is 62.4 Å². The number of thiazole rings is 1. The maximum Gasteiger partial charge on any atom is 0.0907 e. The number of aromatic nitrogens is 1. The zero-order chi connectivity index (χ0) is 12.6. The molecule has 92 valence electrons. The summed E-state index contributed by atoms with van der Waals surface area (Å²) in [6.45, 7) is 4.04. The summed E-state index contributed by atoms with van der Waals surface area (Å²) >= 11 is 1.64. The molecule has 0 spiro atoms. The van der Waals surface area contributed by atoms with Gasteiger partial charge in [0.25, 0.3) is 0 Å². The van der Waals surface area contributed by atoms with Gasteiger partial charge in [-0.05, 0) is 26.0 Å². The van der Waals surface area contributed by atoms with Crippen molar-refractivity contribution in [1.82, 2.24) is 4.98 Å². The fourth-order valence-corrected chi connectivity index (χ4v) is 2.62. The number of nitrogen functional groups attached to an aromatic ring is 1. The van der Waals surface area contributed by atoms with Crippen LogP contribution in [0.15, 0.2) is 12.1 Å². The normalized spacial score (nSPS) is 12.9. The first kappa shape index (κ1) is 12.1.